The molecule has 0 radical (unpaired) electrons. The summed E-state index contributed by atoms with van der Waals surface area (Å²) in [6, 6.07) is 11.7. The first-order valence-electron chi connectivity index (χ1n) is 7.75. The van der Waals surface area contributed by atoms with Gasteiger partial charge in [0.25, 0.3) is 0 Å². The summed E-state index contributed by atoms with van der Waals surface area (Å²) in [5.41, 5.74) is 1.29. The lowest BCUT2D eigenvalue weighted by Gasteiger charge is -2.33. The molecule has 1 aromatic carbocycles. The summed E-state index contributed by atoms with van der Waals surface area (Å²) in [7, 11) is 0. The molecule has 2 nitrogen and oxygen atoms in total. The van der Waals surface area contributed by atoms with Gasteiger partial charge in [-0.05, 0) is 49.9 Å². The van der Waals surface area contributed by atoms with Gasteiger partial charge in [0, 0.05) is 11.1 Å². The molecule has 1 N–H and O–H groups in total. The van der Waals surface area contributed by atoms with Crippen LogP contribution in [0.2, 0.25) is 5.02 Å². The van der Waals surface area contributed by atoms with Crippen molar-refractivity contribution in [3.63, 3.8) is 0 Å². The molecule has 1 heterocycles. The minimum absolute atomic E-state index is 0.0651. The topological polar surface area (TPSA) is 25.2 Å². The molecule has 0 amide bonds. The van der Waals surface area contributed by atoms with Crippen LogP contribution in [-0.4, -0.2) is 5.54 Å². The first-order chi connectivity index (χ1) is 10.2. The van der Waals surface area contributed by atoms with Gasteiger partial charge in [-0.2, -0.15) is 0 Å². The lowest BCUT2D eigenvalue weighted by Crippen LogP contribution is -2.41. The van der Waals surface area contributed by atoms with Crippen molar-refractivity contribution >= 4 is 11.6 Å². The summed E-state index contributed by atoms with van der Waals surface area (Å²) < 4.78 is 5.93. The Kier molecular flexibility index (Phi) is 5.03. The Morgan fingerprint density at radius 3 is 2.32 bits per heavy atom. The lowest BCUT2D eigenvalue weighted by atomic mass is 9.82. The van der Waals surface area contributed by atoms with Crippen LogP contribution in [0, 0.1) is 5.41 Å². The molecule has 0 saturated carbocycles. The van der Waals surface area contributed by atoms with E-state index < -0.39 is 0 Å². The van der Waals surface area contributed by atoms with Crippen LogP contribution in [0.15, 0.2) is 40.8 Å². The molecule has 0 aliphatic carbocycles. The molecule has 22 heavy (non-hydrogen) atoms. The Morgan fingerprint density at radius 1 is 1.00 bits per heavy atom. The molecule has 0 aliphatic heterocycles. The number of nitrogens with one attached hydrogen (secondary N) is 1. The van der Waals surface area contributed by atoms with Gasteiger partial charge < -0.3 is 9.73 Å². The predicted octanol–water partition coefficient (Wildman–Crippen LogP) is 5.90. The average Bonchev–Trinajstić information content (AvgIpc) is 2.83. The van der Waals surface area contributed by atoms with E-state index >= 15 is 0 Å². The van der Waals surface area contributed by atoms with Gasteiger partial charge in [0.2, 0.25) is 0 Å². The van der Waals surface area contributed by atoms with E-state index in [9.17, 15) is 0 Å². The first kappa shape index (κ1) is 17.1. The number of hydrogen-bond donors (Lipinski definition) is 1. The molecular weight excluding hydrogens is 294 g/mol. The maximum absolute atomic E-state index is 6.21. The first-order valence-corrected chi connectivity index (χ1v) is 8.13. The molecule has 1 aromatic heterocycles. The van der Waals surface area contributed by atoms with E-state index in [1.54, 1.807) is 0 Å². The highest BCUT2D eigenvalue weighted by Crippen LogP contribution is 2.30. The van der Waals surface area contributed by atoms with Crippen LogP contribution in [0.4, 0.5) is 0 Å². The Bertz CT molecular complexity index is 622. The molecule has 0 fully saturated rings. The average molecular weight is 320 g/mol. The van der Waals surface area contributed by atoms with E-state index in [4.69, 9.17) is 16.0 Å². The predicted molar refractivity (Wildman–Crippen MR) is 94.1 cm³/mol. The summed E-state index contributed by atoms with van der Waals surface area (Å²) in [6.45, 7) is 12.0. The van der Waals surface area contributed by atoms with Gasteiger partial charge in [0.1, 0.15) is 11.5 Å². The molecular formula is C19H26ClNO. The second kappa shape index (κ2) is 6.47. The van der Waals surface area contributed by atoms with Crippen LogP contribution < -0.4 is 5.32 Å². The molecule has 2 aromatic rings. The van der Waals surface area contributed by atoms with Crippen LogP contribution in [0.25, 0.3) is 11.3 Å². The Hall–Kier alpha value is -1.25. The Labute approximate surface area is 138 Å². The third-order valence-electron chi connectivity index (χ3n) is 3.51. The van der Waals surface area contributed by atoms with Gasteiger partial charge in [-0.1, -0.05) is 44.5 Å². The van der Waals surface area contributed by atoms with Gasteiger partial charge in [0.05, 0.1) is 11.6 Å². The molecule has 0 bridgehead atoms. The zero-order chi connectivity index (χ0) is 16.4. The normalized spacial score (nSPS) is 12.6. The van der Waals surface area contributed by atoms with Gasteiger partial charge >= 0.3 is 0 Å². The van der Waals surface area contributed by atoms with E-state index in [-0.39, 0.29) is 5.54 Å². The number of hydrogen-bond acceptors (Lipinski definition) is 2. The monoisotopic (exact) mass is 319 g/mol. The maximum Gasteiger partial charge on any atom is 0.135 e. The Balaban J connectivity index is 2.03. The quantitative estimate of drug-likeness (QED) is 0.741. The second-order valence-corrected chi connectivity index (χ2v) is 8.13. The fraction of sp³-hybridized carbons (Fsp3) is 0.474. The summed E-state index contributed by atoms with van der Waals surface area (Å²) in [5.74, 6) is 1.74. The largest absolute Gasteiger partial charge is 0.460 e. The SMILES string of the molecule is CC(C)(C)CC(C)(C)NCc1ccc(-c2ccccc2Cl)o1. The molecule has 0 atom stereocenters. The van der Waals surface area contributed by atoms with Crippen LogP contribution in [0.3, 0.4) is 0 Å². The fourth-order valence-corrected chi connectivity index (χ4v) is 3.22. The summed E-state index contributed by atoms with van der Waals surface area (Å²) in [5, 5.41) is 4.30. The number of benzene rings is 1. The van der Waals surface area contributed by atoms with Crippen molar-refractivity contribution in [2.45, 2.75) is 53.1 Å². The van der Waals surface area contributed by atoms with Crippen molar-refractivity contribution < 1.29 is 4.42 Å². The zero-order valence-corrected chi connectivity index (χ0v) is 14.9. The summed E-state index contributed by atoms with van der Waals surface area (Å²) >= 11 is 6.21. The van der Waals surface area contributed by atoms with Gasteiger partial charge in [-0.15, -0.1) is 0 Å². The van der Waals surface area contributed by atoms with Crippen LogP contribution in [0.1, 0.15) is 46.8 Å². The maximum atomic E-state index is 6.21. The molecule has 0 unspecified atom stereocenters. The van der Waals surface area contributed by atoms with E-state index in [2.05, 4.69) is 39.9 Å². The minimum Gasteiger partial charge on any atom is -0.460 e. The van der Waals surface area contributed by atoms with Crippen molar-refractivity contribution in [3.05, 3.63) is 47.2 Å². The van der Waals surface area contributed by atoms with Crippen LogP contribution in [0.5, 0.6) is 0 Å². The highest BCUT2D eigenvalue weighted by atomic mass is 35.5. The number of furan rings is 1. The van der Waals surface area contributed by atoms with Crippen molar-refractivity contribution in [2.75, 3.05) is 0 Å². The molecule has 0 aliphatic rings. The Morgan fingerprint density at radius 2 is 1.68 bits per heavy atom. The van der Waals surface area contributed by atoms with Crippen molar-refractivity contribution in [3.8, 4) is 11.3 Å². The van der Waals surface area contributed by atoms with Gasteiger partial charge in [0.15, 0.2) is 0 Å². The smallest absolute Gasteiger partial charge is 0.135 e. The standard InChI is InChI=1S/C19H26ClNO/c1-18(2,3)13-19(4,5)21-12-14-10-11-17(22-14)15-8-6-7-9-16(15)20/h6-11,21H,12-13H2,1-5H3. The minimum atomic E-state index is 0.0651. The third kappa shape index (κ3) is 4.89. The lowest BCUT2D eigenvalue weighted by molar-refractivity contribution is 0.236. The molecule has 0 saturated heterocycles. The summed E-state index contributed by atoms with van der Waals surface area (Å²) in [4.78, 5) is 0. The van der Waals surface area contributed by atoms with Crippen molar-refractivity contribution in [1.29, 1.82) is 0 Å². The second-order valence-electron chi connectivity index (χ2n) is 7.72. The molecule has 0 spiro atoms. The van der Waals surface area contributed by atoms with E-state index in [1.165, 1.54) is 0 Å². The van der Waals surface area contributed by atoms with E-state index in [0.29, 0.717) is 17.0 Å². The molecule has 3 heteroatoms. The van der Waals surface area contributed by atoms with Crippen molar-refractivity contribution in [2.24, 2.45) is 5.41 Å². The number of rotatable bonds is 5. The molecule has 2 rings (SSSR count). The van der Waals surface area contributed by atoms with E-state index in [0.717, 1.165) is 23.5 Å². The number of halogens is 1. The van der Waals surface area contributed by atoms with E-state index in [1.807, 2.05) is 36.4 Å². The van der Waals surface area contributed by atoms with Gasteiger partial charge in [-0.3, -0.25) is 0 Å². The fourth-order valence-electron chi connectivity index (χ4n) is 2.99. The van der Waals surface area contributed by atoms with Gasteiger partial charge in [-0.25, -0.2) is 0 Å². The van der Waals surface area contributed by atoms with Crippen LogP contribution in [-0.2, 0) is 6.54 Å². The van der Waals surface area contributed by atoms with Crippen LogP contribution >= 0.6 is 11.6 Å². The van der Waals surface area contributed by atoms with Crippen molar-refractivity contribution in [1.82, 2.24) is 5.32 Å². The third-order valence-corrected chi connectivity index (χ3v) is 3.84. The highest BCUT2D eigenvalue weighted by Gasteiger charge is 2.25. The molecule has 120 valence electrons. The zero-order valence-electron chi connectivity index (χ0n) is 14.2. The highest BCUT2D eigenvalue weighted by molar-refractivity contribution is 6.33. The summed E-state index contributed by atoms with van der Waals surface area (Å²) in [6.07, 6.45) is 1.10.